The van der Waals surface area contributed by atoms with E-state index in [1.54, 1.807) is 0 Å². The van der Waals surface area contributed by atoms with Crippen LogP contribution in [0.2, 0.25) is 0 Å². The van der Waals surface area contributed by atoms with Crippen molar-refractivity contribution in [2.45, 2.75) is 171 Å². The van der Waals surface area contributed by atoms with Gasteiger partial charge in [0.1, 0.15) is 30.5 Å². The van der Waals surface area contributed by atoms with Crippen molar-refractivity contribution >= 4 is 5.91 Å². The second kappa shape index (κ2) is 24.5. The standard InChI is InChI=1S/C36H63NO9/c1-2-3-4-5-6-7-8-9-10-11-12-18-23-29(39)32(41)28(26-45-36-35(44)34(43)33(42)30(25-38)46-36)37-31(40)24-19-14-17-22-27-20-15-13-16-21-27/h13,15-16,20-21,28-30,32-36,38-39,41-44H,2-12,14,17-19,22-26H2,1H3,(H,37,40)/t28-,29+,30?,32-,33?,34?,35?,36?/m0/s1. The summed E-state index contributed by atoms with van der Waals surface area (Å²) >= 11 is 0. The van der Waals surface area contributed by atoms with Crippen molar-refractivity contribution in [3.05, 3.63) is 35.9 Å². The first-order valence-corrected chi connectivity index (χ1v) is 17.9. The molecule has 1 heterocycles. The molecule has 8 atom stereocenters. The van der Waals surface area contributed by atoms with E-state index < -0.39 is 55.6 Å². The zero-order valence-corrected chi connectivity index (χ0v) is 28.1. The molecular formula is C36H63NO9. The van der Waals surface area contributed by atoms with Gasteiger partial charge in [0.25, 0.3) is 0 Å². The predicted molar refractivity (Wildman–Crippen MR) is 178 cm³/mol. The van der Waals surface area contributed by atoms with Crippen LogP contribution in [0.1, 0.15) is 122 Å². The lowest BCUT2D eigenvalue weighted by Crippen LogP contribution is -2.60. The summed E-state index contributed by atoms with van der Waals surface area (Å²) in [7, 11) is 0. The monoisotopic (exact) mass is 653 g/mol. The van der Waals surface area contributed by atoms with Gasteiger partial charge in [0, 0.05) is 6.42 Å². The van der Waals surface area contributed by atoms with Gasteiger partial charge in [0.15, 0.2) is 6.29 Å². The maximum atomic E-state index is 12.8. The van der Waals surface area contributed by atoms with Crippen LogP contribution in [0, 0.1) is 0 Å². The highest BCUT2D eigenvalue weighted by molar-refractivity contribution is 5.76. The first kappa shape index (κ1) is 40.5. The SMILES string of the molecule is CCCCCCCCCCCCCC[C@@H](O)[C@@H](O)[C@H](COC1OC(CO)C(O)C(O)C1O)NC(=O)CCCCCc1ccccc1. The fourth-order valence-corrected chi connectivity index (χ4v) is 5.98. The molecule has 5 unspecified atom stereocenters. The zero-order chi connectivity index (χ0) is 33.6. The number of unbranched alkanes of at least 4 members (excludes halogenated alkanes) is 13. The second-order valence-corrected chi connectivity index (χ2v) is 13.0. The van der Waals surface area contributed by atoms with E-state index in [9.17, 15) is 35.4 Å². The van der Waals surface area contributed by atoms with Gasteiger partial charge in [-0.05, 0) is 31.2 Å². The average molecular weight is 654 g/mol. The van der Waals surface area contributed by atoms with Crippen molar-refractivity contribution in [2.24, 2.45) is 0 Å². The second-order valence-electron chi connectivity index (χ2n) is 13.0. The van der Waals surface area contributed by atoms with E-state index >= 15 is 0 Å². The molecule has 46 heavy (non-hydrogen) atoms. The summed E-state index contributed by atoms with van der Waals surface area (Å²) in [5.74, 6) is -0.293. The lowest BCUT2D eigenvalue weighted by molar-refractivity contribution is -0.303. The summed E-state index contributed by atoms with van der Waals surface area (Å²) in [6.45, 7) is 1.31. The Bertz CT molecular complexity index is 889. The minimum atomic E-state index is -1.61. The fourth-order valence-electron chi connectivity index (χ4n) is 5.98. The number of hydrogen-bond acceptors (Lipinski definition) is 9. The smallest absolute Gasteiger partial charge is 0.220 e. The summed E-state index contributed by atoms with van der Waals surface area (Å²) < 4.78 is 11.1. The van der Waals surface area contributed by atoms with Gasteiger partial charge in [-0.3, -0.25) is 4.79 Å². The van der Waals surface area contributed by atoms with E-state index in [0.717, 1.165) is 44.9 Å². The van der Waals surface area contributed by atoms with Gasteiger partial charge in [0.05, 0.1) is 25.4 Å². The molecule has 1 amide bonds. The van der Waals surface area contributed by atoms with Crippen molar-refractivity contribution in [1.82, 2.24) is 5.32 Å². The number of carbonyl (C=O) groups excluding carboxylic acids is 1. The summed E-state index contributed by atoms with van der Waals surface area (Å²) in [6, 6.07) is 9.15. The molecule has 1 saturated heterocycles. The van der Waals surface area contributed by atoms with Gasteiger partial charge >= 0.3 is 0 Å². The molecule has 1 aromatic carbocycles. The van der Waals surface area contributed by atoms with Crippen LogP contribution in [0.3, 0.4) is 0 Å². The summed E-state index contributed by atoms with van der Waals surface area (Å²) in [6.07, 6.45) is 8.55. The Labute approximate surface area is 276 Å². The molecule has 7 N–H and O–H groups in total. The van der Waals surface area contributed by atoms with E-state index in [4.69, 9.17) is 9.47 Å². The topological polar surface area (TPSA) is 169 Å². The van der Waals surface area contributed by atoms with Crippen LogP contribution in [-0.4, -0.2) is 98.7 Å². The normalized spacial score (nSPS) is 23.6. The van der Waals surface area contributed by atoms with Gasteiger partial charge in [-0.25, -0.2) is 0 Å². The molecule has 266 valence electrons. The number of rotatable bonds is 26. The van der Waals surface area contributed by atoms with E-state index in [0.29, 0.717) is 12.8 Å². The Balaban J connectivity index is 1.79. The number of nitrogens with one attached hydrogen (secondary N) is 1. The number of aliphatic hydroxyl groups is 6. The van der Waals surface area contributed by atoms with Gasteiger partial charge < -0.3 is 45.4 Å². The molecule has 0 aromatic heterocycles. The summed E-state index contributed by atoms with van der Waals surface area (Å²) in [5.41, 5.74) is 1.25. The Hall–Kier alpha value is -1.63. The third-order valence-corrected chi connectivity index (χ3v) is 9.01. The lowest BCUT2D eigenvalue weighted by Gasteiger charge is -2.40. The average Bonchev–Trinajstić information content (AvgIpc) is 3.06. The number of benzene rings is 1. The predicted octanol–water partition coefficient (Wildman–Crippen LogP) is 3.90. The van der Waals surface area contributed by atoms with Crippen molar-refractivity contribution in [3.8, 4) is 0 Å². The Morgan fingerprint density at radius 2 is 1.39 bits per heavy atom. The van der Waals surface area contributed by atoms with Crippen LogP contribution in [0.25, 0.3) is 0 Å². The molecule has 0 bridgehead atoms. The minimum Gasteiger partial charge on any atom is -0.394 e. The zero-order valence-electron chi connectivity index (χ0n) is 28.1. The number of amides is 1. The molecule has 2 rings (SSSR count). The van der Waals surface area contributed by atoms with Crippen LogP contribution >= 0.6 is 0 Å². The first-order valence-electron chi connectivity index (χ1n) is 17.9. The van der Waals surface area contributed by atoms with Gasteiger partial charge in [-0.2, -0.15) is 0 Å². The Kier molecular flexibility index (Phi) is 21.6. The van der Waals surface area contributed by atoms with Crippen LogP contribution < -0.4 is 5.32 Å². The maximum absolute atomic E-state index is 12.8. The van der Waals surface area contributed by atoms with Crippen LogP contribution in [-0.2, 0) is 20.7 Å². The van der Waals surface area contributed by atoms with Crippen LogP contribution in [0.4, 0.5) is 0 Å². The van der Waals surface area contributed by atoms with Gasteiger partial charge in [-0.15, -0.1) is 0 Å². The van der Waals surface area contributed by atoms with Crippen LogP contribution in [0.15, 0.2) is 30.3 Å². The number of ether oxygens (including phenoxy) is 2. The Morgan fingerprint density at radius 1 is 0.804 bits per heavy atom. The quantitative estimate of drug-likeness (QED) is 0.0734. The van der Waals surface area contributed by atoms with Crippen LogP contribution in [0.5, 0.6) is 0 Å². The maximum Gasteiger partial charge on any atom is 0.220 e. The van der Waals surface area contributed by atoms with E-state index in [-0.39, 0.29) is 18.9 Å². The van der Waals surface area contributed by atoms with E-state index in [1.807, 2.05) is 18.2 Å². The summed E-state index contributed by atoms with van der Waals surface area (Å²) in [4.78, 5) is 12.8. The fraction of sp³-hybridized carbons (Fsp3) is 0.806. The van der Waals surface area contributed by atoms with Crippen molar-refractivity contribution in [3.63, 3.8) is 0 Å². The van der Waals surface area contributed by atoms with Gasteiger partial charge in [0.2, 0.25) is 5.91 Å². The Morgan fingerprint density at radius 3 is 2.00 bits per heavy atom. The number of aryl methyl sites for hydroxylation is 1. The molecule has 1 aliphatic rings. The first-order chi connectivity index (χ1) is 22.3. The molecule has 1 fully saturated rings. The molecule has 0 aliphatic carbocycles. The number of carbonyl (C=O) groups is 1. The number of hydrogen-bond donors (Lipinski definition) is 7. The third kappa shape index (κ3) is 16.0. The molecule has 10 heteroatoms. The molecule has 1 aliphatic heterocycles. The van der Waals surface area contributed by atoms with E-state index in [1.165, 1.54) is 56.9 Å². The molecule has 0 radical (unpaired) electrons. The van der Waals surface area contributed by atoms with Crippen molar-refractivity contribution < 1.29 is 44.9 Å². The summed E-state index contributed by atoms with van der Waals surface area (Å²) in [5, 5.41) is 64.6. The molecular weight excluding hydrogens is 590 g/mol. The molecule has 0 saturated carbocycles. The molecule has 0 spiro atoms. The third-order valence-electron chi connectivity index (χ3n) is 9.01. The van der Waals surface area contributed by atoms with E-state index in [2.05, 4.69) is 24.4 Å². The lowest BCUT2D eigenvalue weighted by atomic mass is 9.98. The molecule has 1 aromatic rings. The highest BCUT2D eigenvalue weighted by Crippen LogP contribution is 2.23. The highest BCUT2D eigenvalue weighted by Gasteiger charge is 2.44. The molecule has 10 nitrogen and oxygen atoms in total. The van der Waals surface area contributed by atoms with Gasteiger partial charge in [-0.1, -0.05) is 121 Å². The van der Waals surface area contributed by atoms with Crippen molar-refractivity contribution in [2.75, 3.05) is 13.2 Å². The number of aliphatic hydroxyl groups excluding tert-OH is 6. The van der Waals surface area contributed by atoms with Crippen molar-refractivity contribution in [1.29, 1.82) is 0 Å². The minimum absolute atomic E-state index is 0.243. The largest absolute Gasteiger partial charge is 0.394 e. The highest BCUT2D eigenvalue weighted by atomic mass is 16.7.